The monoisotopic (exact) mass is 334 g/mol. The van der Waals surface area contributed by atoms with Gasteiger partial charge < -0.3 is 15.4 Å². The summed E-state index contributed by atoms with van der Waals surface area (Å²) in [6.45, 7) is 15.8. The summed E-state index contributed by atoms with van der Waals surface area (Å²) < 4.78 is 5.31. The molecule has 2 atom stereocenters. The number of ether oxygens (including phenoxy) is 1. The van der Waals surface area contributed by atoms with Crippen molar-refractivity contribution in [1.82, 2.24) is 10.6 Å². The minimum absolute atomic E-state index is 0.286. The van der Waals surface area contributed by atoms with E-state index in [-0.39, 0.29) is 12.1 Å². The number of rotatable bonds is 7. The van der Waals surface area contributed by atoms with E-state index in [0.717, 1.165) is 6.54 Å². The van der Waals surface area contributed by atoms with Gasteiger partial charge in [-0.05, 0) is 57.6 Å². The molecule has 0 aromatic heterocycles. The van der Waals surface area contributed by atoms with Crippen molar-refractivity contribution in [2.45, 2.75) is 60.1 Å². The van der Waals surface area contributed by atoms with E-state index < -0.39 is 5.60 Å². The fourth-order valence-corrected chi connectivity index (χ4v) is 2.58. The van der Waals surface area contributed by atoms with Gasteiger partial charge in [0, 0.05) is 19.1 Å². The van der Waals surface area contributed by atoms with Crippen molar-refractivity contribution in [3.63, 3.8) is 0 Å². The first kappa shape index (κ1) is 20.5. The number of hydrogen-bond acceptors (Lipinski definition) is 3. The minimum atomic E-state index is -0.463. The van der Waals surface area contributed by atoms with Gasteiger partial charge in [-0.1, -0.05) is 38.1 Å². The third-order valence-corrected chi connectivity index (χ3v) is 4.19. The van der Waals surface area contributed by atoms with Crippen molar-refractivity contribution in [2.24, 2.45) is 11.8 Å². The molecule has 0 heterocycles. The quantitative estimate of drug-likeness (QED) is 0.775. The number of benzene rings is 1. The number of carbonyl (C=O) groups is 1. The van der Waals surface area contributed by atoms with Crippen molar-refractivity contribution in [3.05, 3.63) is 35.4 Å². The van der Waals surface area contributed by atoms with E-state index in [9.17, 15) is 4.79 Å². The molecule has 4 heteroatoms. The largest absolute Gasteiger partial charge is 0.444 e. The predicted molar refractivity (Wildman–Crippen MR) is 100 cm³/mol. The summed E-state index contributed by atoms with van der Waals surface area (Å²) in [7, 11) is 0. The zero-order valence-electron chi connectivity index (χ0n) is 16.3. The molecule has 0 radical (unpaired) electrons. The first-order valence-corrected chi connectivity index (χ1v) is 8.86. The van der Waals surface area contributed by atoms with E-state index >= 15 is 0 Å². The fraction of sp³-hybridized carbons (Fsp3) is 0.650. The molecule has 0 saturated heterocycles. The van der Waals surface area contributed by atoms with Gasteiger partial charge in [-0.15, -0.1) is 0 Å². The zero-order valence-corrected chi connectivity index (χ0v) is 16.3. The van der Waals surface area contributed by atoms with Crippen LogP contribution in [0.1, 0.15) is 58.7 Å². The average molecular weight is 335 g/mol. The molecule has 0 fully saturated rings. The summed E-state index contributed by atoms with van der Waals surface area (Å²) >= 11 is 0. The second-order valence-electron chi connectivity index (χ2n) is 7.87. The van der Waals surface area contributed by atoms with Crippen LogP contribution in [0.2, 0.25) is 0 Å². The van der Waals surface area contributed by atoms with Gasteiger partial charge in [-0.3, -0.25) is 0 Å². The smallest absolute Gasteiger partial charge is 0.407 e. The third kappa shape index (κ3) is 7.35. The molecule has 0 aliphatic heterocycles. The van der Waals surface area contributed by atoms with E-state index in [1.807, 2.05) is 20.8 Å². The van der Waals surface area contributed by atoms with Gasteiger partial charge in [0.2, 0.25) is 0 Å². The highest BCUT2D eigenvalue weighted by Crippen LogP contribution is 2.18. The first-order chi connectivity index (χ1) is 11.1. The van der Waals surface area contributed by atoms with E-state index in [1.165, 1.54) is 11.1 Å². The lowest BCUT2D eigenvalue weighted by atomic mass is 9.94. The van der Waals surface area contributed by atoms with Crippen molar-refractivity contribution in [3.8, 4) is 0 Å². The lowest BCUT2D eigenvalue weighted by molar-refractivity contribution is 0.0514. The molecule has 1 amide bonds. The second-order valence-corrected chi connectivity index (χ2v) is 7.87. The molecular weight excluding hydrogens is 300 g/mol. The van der Waals surface area contributed by atoms with E-state index in [2.05, 4.69) is 62.6 Å². The van der Waals surface area contributed by atoms with E-state index in [1.54, 1.807) is 0 Å². The van der Waals surface area contributed by atoms with E-state index in [0.29, 0.717) is 18.4 Å². The normalized spacial score (nSPS) is 14.3. The third-order valence-electron chi connectivity index (χ3n) is 4.19. The maximum Gasteiger partial charge on any atom is 0.407 e. The number of alkyl carbamates (subject to hydrolysis) is 1. The fourth-order valence-electron chi connectivity index (χ4n) is 2.58. The van der Waals surface area contributed by atoms with Crippen LogP contribution in [-0.4, -0.2) is 24.8 Å². The van der Waals surface area contributed by atoms with Crippen molar-refractivity contribution < 1.29 is 9.53 Å². The zero-order chi connectivity index (χ0) is 18.3. The van der Waals surface area contributed by atoms with Crippen molar-refractivity contribution >= 4 is 6.09 Å². The Balaban J connectivity index is 2.52. The number of nitrogens with one attached hydrogen (secondary N) is 2. The van der Waals surface area contributed by atoms with Crippen LogP contribution in [0.4, 0.5) is 4.79 Å². The lowest BCUT2D eigenvalue weighted by Gasteiger charge is -2.26. The number of aryl methyl sites for hydroxylation is 1. The summed E-state index contributed by atoms with van der Waals surface area (Å²) in [6, 6.07) is 8.72. The highest BCUT2D eigenvalue weighted by Gasteiger charge is 2.20. The van der Waals surface area contributed by atoms with Gasteiger partial charge in [0.25, 0.3) is 0 Å². The Morgan fingerprint density at radius 2 is 1.75 bits per heavy atom. The Bertz CT molecular complexity index is 521. The Labute approximate surface area is 147 Å². The summed E-state index contributed by atoms with van der Waals surface area (Å²) in [6.07, 6.45) is -0.347. The van der Waals surface area contributed by atoms with Crippen LogP contribution < -0.4 is 10.6 Å². The molecule has 0 aliphatic carbocycles. The van der Waals surface area contributed by atoms with Gasteiger partial charge in [0.1, 0.15) is 5.60 Å². The maximum absolute atomic E-state index is 11.8. The molecule has 0 aliphatic rings. The second kappa shape index (κ2) is 9.07. The SMILES string of the molecule is Cc1ccccc1[C@H](C)NCC(CNC(=O)OC(C)(C)C)C(C)C. The maximum atomic E-state index is 11.8. The summed E-state index contributed by atoms with van der Waals surface area (Å²) in [5.74, 6) is 0.820. The minimum Gasteiger partial charge on any atom is -0.444 e. The lowest BCUT2D eigenvalue weighted by Crippen LogP contribution is -2.40. The molecule has 1 aromatic rings. The first-order valence-electron chi connectivity index (χ1n) is 8.86. The highest BCUT2D eigenvalue weighted by atomic mass is 16.6. The summed E-state index contributed by atoms with van der Waals surface area (Å²) in [4.78, 5) is 11.8. The van der Waals surface area contributed by atoms with Crippen LogP contribution in [-0.2, 0) is 4.74 Å². The number of amides is 1. The Morgan fingerprint density at radius 3 is 2.29 bits per heavy atom. The number of carbonyl (C=O) groups excluding carboxylic acids is 1. The van der Waals surface area contributed by atoms with Gasteiger partial charge in [-0.25, -0.2) is 4.79 Å². The molecule has 1 aromatic carbocycles. The van der Waals surface area contributed by atoms with Crippen LogP contribution in [0.25, 0.3) is 0 Å². The molecule has 136 valence electrons. The predicted octanol–water partition coefficient (Wildman–Crippen LogP) is 4.44. The molecule has 1 rings (SSSR count). The molecule has 4 nitrogen and oxygen atoms in total. The average Bonchev–Trinajstić information content (AvgIpc) is 2.45. The van der Waals surface area contributed by atoms with Gasteiger partial charge in [0.15, 0.2) is 0 Å². The highest BCUT2D eigenvalue weighted by molar-refractivity contribution is 5.67. The molecule has 1 unspecified atom stereocenters. The molecule has 0 saturated carbocycles. The summed E-state index contributed by atoms with van der Waals surface area (Å²) in [5.41, 5.74) is 2.15. The van der Waals surface area contributed by atoms with Gasteiger partial charge >= 0.3 is 6.09 Å². The Hall–Kier alpha value is -1.55. The number of hydrogen-bond donors (Lipinski definition) is 2. The van der Waals surface area contributed by atoms with Crippen LogP contribution in [0.5, 0.6) is 0 Å². The Kier molecular flexibility index (Phi) is 7.74. The van der Waals surface area contributed by atoms with Crippen LogP contribution in [0.15, 0.2) is 24.3 Å². The summed E-state index contributed by atoms with van der Waals surface area (Å²) in [5, 5.41) is 6.50. The van der Waals surface area contributed by atoms with Crippen LogP contribution in [0, 0.1) is 18.8 Å². The van der Waals surface area contributed by atoms with E-state index in [4.69, 9.17) is 4.74 Å². The van der Waals surface area contributed by atoms with Gasteiger partial charge in [-0.2, -0.15) is 0 Å². The van der Waals surface area contributed by atoms with Crippen molar-refractivity contribution in [1.29, 1.82) is 0 Å². The molecule has 0 spiro atoms. The molecule has 24 heavy (non-hydrogen) atoms. The van der Waals surface area contributed by atoms with Crippen LogP contribution >= 0.6 is 0 Å². The molecule has 0 bridgehead atoms. The molecule has 2 N–H and O–H groups in total. The molecular formula is C20H34N2O2. The standard InChI is InChI=1S/C20H34N2O2/c1-14(2)17(13-22-19(23)24-20(5,6)7)12-21-16(4)18-11-9-8-10-15(18)3/h8-11,14,16-17,21H,12-13H2,1-7H3,(H,22,23)/t16-,17?/m0/s1. The van der Waals surface area contributed by atoms with Crippen LogP contribution in [0.3, 0.4) is 0 Å². The topological polar surface area (TPSA) is 50.4 Å². The van der Waals surface area contributed by atoms with Crippen molar-refractivity contribution in [2.75, 3.05) is 13.1 Å². The Morgan fingerprint density at radius 1 is 1.12 bits per heavy atom. The van der Waals surface area contributed by atoms with Gasteiger partial charge in [0.05, 0.1) is 0 Å².